The van der Waals surface area contributed by atoms with Crippen LogP contribution < -0.4 is 5.32 Å². The van der Waals surface area contributed by atoms with Crippen molar-refractivity contribution in [1.29, 1.82) is 0 Å². The Hall–Kier alpha value is -1.98. The zero-order valence-corrected chi connectivity index (χ0v) is 10.6. The molecule has 1 N–H and O–H groups in total. The summed E-state index contributed by atoms with van der Waals surface area (Å²) in [6, 6.07) is 2.89. The van der Waals surface area contributed by atoms with Gasteiger partial charge in [0, 0.05) is 12.6 Å². The Morgan fingerprint density at radius 1 is 1.53 bits per heavy atom. The number of carbonyl (C=O) groups is 1. The fourth-order valence-corrected chi connectivity index (χ4v) is 2.04. The Morgan fingerprint density at radius 3 is 2.74 bits per heavy atom. The summed E-state index contributed by atoms with van der Waals surface area (Å²) in [6.07, 6.45) is 3.06. The van der Waals surface area contributed by atoms with Crippen molar-refractivity contribution in [2.75, 3.05) is 6.54 Å². The highest BCUT2D eigenvalue weighted by Gasteiger charge is 2.40. The molecule has 5 nitrogen and oxygen atoms in total. The van der Waals surface area contributed by atoms with Crippen LogP contribution in [-0.2, 0) is 0 Å². The monoisotopic (exact) mass is 266 g/mol. The van der Waals surface area contributed by atoms with Gasteiger partial charge < -0.3 is 5.32 Å². The van der Waals surface area contributed by atoms with Crippen LogP contribution >= 0.6 is 0 Å². The van der Waals surface area contributed by atoms with Crippen LogP contribution in [0.3, 0.4) is 0 Å². The maximum absolute atomic E-state index is 13.1. The Balaban J connectivity index is 2.14. The number of benzene rings is 1. The second-order valence-electron chi connectivity index (χ2n) is 4.95. The first-order valence-electron chi connectivity index (χ1n) is 6.19. The van der Waals surface area contributed by atoms with E-state index in [0.29, 0.717) is 6.54 Å². The average Bonchev–Trinajstić information content (AvgIpc) is 3.16. The number of nitro benzene ring substituents is 1. The first-order chi connectivity index (χ1) is 8.97. The number of nitrogens with one attached hydrogen (secondary N) is 1. The van der Waals surface area contributed by atoms with Gasteiger partial charge in [0.05, 0.1) is 4.92 Å². The molecule has 0 atom stereocenters. The van der Waals surface area contributed by atoms with E-state index in [0.717, 1.165) is 37.5 Å². The fourth-order valence-electron chi connectivity index (χ4n) is 2.04. The molecule has 0 heterocycles. The van der Waals surface area contributed by atoms with E-state index in [1.807, 2.05) is 6.92 Å². The summed E-state index contributed by atoms with van der Waals surface area (Å²) in [6.45, 7) is 2.53. The molecule has 0 aliphatic heterocycles. The van der Waals surface area contributed by atoms with Crippen molar-refractivity contribution in [3.05, 3.63) is 39.7 Å². The van der Waals surface area contributed by atoms with Crippen LogP contribution in [0, 0.1) is 21.3 Å². The van der Waals surface area contributed by atoms with E-state index in [1.165, 1.54) is 0 Å². The quantitative estimate of drug-likeness (QED) is 0.657. The summed E-state index contributed by atoms with van der Waals surface area (Å²) in [5.41, 5.74) is -0.463. The van der Waals surface area contributed by atoms with Gasteiger partial charge >= 0.3 is 0 Å². The summed E-state index contributed by atoms with van der Waals surface area (Å²) in [4.78, 5) is 22.1. The zero-order chi connectivity index (χ0) is 14.0. The number of nitrogens with zero attached hydrogens (tertiary/aromatic N) is 1. The highest BCUT2D eigenvalue weighted by Crippen LogP contribution is 2.47. The second-order valence-corrected chi connectivity index (χ2v) is 4.95. The van der Waals surface area contributed by atoms with Gasteiger partial charge in [-0.05, 0) is 36.8 Å². The van der Waals surface area contributed by atoms with Crippen molar-refractivity contribution in [3.8, 4) is 0 Å². The van der Waals surface area contributed by atoms with E-state index in [4.69, 9.17) is 0 Å². The maximum Gasteiger partial charge on any atom is 0.282 e. The number of nitro groups is 1. The highest BCUT2D eigenvalue weighted by atomic mass is 19.1. The summed E-state index contributed by atoms with van der Waals surface area (Å²) in [7, 11) is 0. The summed E-state index contributed by atoms with van der Waals surface area (Å²) in [5, 5.41) is 13.5. The standard InChI is InChI=1S/C13H15FN2O3/c1-2-13(5-6-13)8-15-12(17)10-7-9(14)3-4-11(10)16(18)19/h3-4,7H,2,5-6,8H2,1H3,(H,15,17). The lowest BCUT2D eigenvalue weighted by molar-refractivity contribution is -0.385. The summed E-state index contributed by atoms with van der Waals surface area (Å²) < 4.78 is 13.1. The molecule has 1 aromatic rings. The van der Waals surface area contributed by atoms with Gasteiger partial charge in [0.2, 0.25) is 0 Å². The number of halogens is 1. The topological polar surface area (TPSA) is 72.2 Å². The molecular weight excluding hydrogens is 251 g/mol. The smallest absolute Gasteiger partial charge is 0.282 e. The summed E-state index contributed by atoms with van der Waals surface area (Å²) >= 11 is 0. The van der Waals surface area contributed by atoms with Crippen molar-refractivity contribution >= 4 is 11.6 Å². The third kappa shape index (κ3) is 2.89. The SMILES string of the molecule is CCC1(CNC(=O)c2cc(F)ccc2[N+](=O)[O-])CC1. The number of hydrogen-bond donors (Lipinski definition) is 1. The van der Waals surface area contributed by atoms with Gasteiger partial charge in [-0.25, -0.2) is 4.39 Å². The van der Waals surface area contributed by atoms with Gasteiger partial charge in [-0.15, -0.1) is 0 Å². The van der Waals surface area contributed by atoms with Crippen molar-refractivity contribution in [2.24, 2.45) is 5.41 Å². The first kappa shape index (κ1) is 13.5. The minimum absolute atomic E-state index is 0.137. The number of carbonyl (C=O) groups excluding carboxylic acids is 1. The molecule has 0 saturated heterocycles. The third-order valence-electron chi connectivity index (χ3n) is 3.73. The van der Waals surface area contributed by atoms with Crippen LogP contribution in [0.2, 0.25) is 0 Å². The minimum Gasteiger partial charge on any atom is -0.351 e. The fraction of sp³-hybridized carbons (Fsp3) is 0.462. The lowest BCUT2D eigenvalue weighted by atomic mass is 10.0. The van der Waals surface area contributed by atoms with E-state index in [-0.39, 0.29) is 16.7 Å². The normalized spacial score (nSPS) is 15.9. The van der Waals surface area contributed by atoms with Crippen LogP contribution in [0.25, 0.3) is 0 Å². The van der Waals surface area contributed by atoms with Crippen LogP contribution in [0.4, 0.5) is 10.1 Å². The molecule has 1 aromatic carbocycles. The van der Waals surface area contributed by atoms with Gasteiger partial charge in [-0.1, -0.05) is 6.92 Å². The van der Waals surface area contributed by atoms with E-state index in [9.17, 15) is 19.3 Å². The van der Waals surface area contributed by atoms with E-state index in [2.05, 4.69) is 5.32 Å². The molecular formula is C13H15FN2O3. The highest BCUT2D eigenvalue weighted by molar-refractivity contribution is 5.98. The van der Waals surface area contributed by atoms with E-state index >= 15 is 0 Å². The third-order valence-corrected chi connectivity index (χ3v) is 3.73. The van der Waals surface area contributed by atoms with Crippen LogP contribution in [0.1, 0.15) is 36.5 Å². The molecule has 0 bridgehead atoms. The van der Waals surface area contributed by atoms with E-state index in [1.54, 1.807) is 0 Å². The molecule has 1 amide bonds. The molecule has 1 saturated carbocycles. The van der Waals surface area contributed by atoms with Crippen LogP contribution in [0.15, 0.2) is 18.2 Å². The zero-order valence-electron chi connectivity index (χ0n) is 10.6. The molecule has 0 unspecified atom stereocenters. The lowest BCUT2D eigenvalue weighted by Crippen LogP contribution is -2.30. The molecule has 1 aliphatic carbocycles. The molecule has 0 aromatic heterocycles. The van der Waals surface area contributed by atoms with Crippen molar-refractivity contribution in [3.63, 3.8) is 0 Å². The number of hydrogen-bond acceptors (Lipinski definition) is 3. The Kier molecular flexibility index (Phi) is 3.50. The van der Waals surface area contributed by atoms with Crippen molar-refractivity contribution in [2.45, 2.75) is 26.2 Å². The Bertz CT molecular complexity index is 527. The van der Waals surface area contributed by atoms with Gasteiger partial charge in [0.25, 0.3) is 11.6 Å². The van der Waals surface area contributed by atoms with Crippen LogP contribution in [-0.4, -0.2) is 17.4 Å². The number of amides is 1. The van der Waals surface area contributed by atoms with E-state index < -0.39 is 16.6 Å². The molecule has 0 radical (unpaired) electrons. The van der Waals surface area contributed by atoms with Crippen LogP contribution in [0.5, 0.6) is 0 Å². The molecule has 0 spiro atoms. The second kappa shape index (κ2) is 4.95. The van der Waals surface area contributed by atoms with Gasteiger partial charge in [-0.3, -0.25) is 14.9 Å². The van der Waals surface area contributed by atoms with Gasteiger partial charge in [0.15, 0.2) is 0 Å². The number of rotatable bonds is 5. The predicted octanol–water partition coefficient (Wildman–Crippen LogP) is 2.65. The van der Waals surface area contributed by atoms with Crippen molar-refractivity contribution < 1.29 is 14.1 Å². The molecule has 102 valence electrons. The molecule has 1 fully saturated rings. The maximum atomic E-state index is 13.1. The predicted molar refractivity (Wildman–Crippen MR) is 67.3 cm³/mol. The molecule has 1 aliphatic rings. The Morgan fingerprint density at radius 2 is 2.21 bits per heavy atom. The Labute approximate surface area is 110 Å². The molecule has 19 heavy (non-hydrogen) atoms. The first-order valence-corrected chi connectivity index (χ1v) is 6.19. The van der Waals surface area contributed by atoms with Crippen molar-refractivity contribution in [1.82, 2.24) is 5.32 Å². The summed E-state index contributed by atoms with van der Waals surface area (Å²) in [5.74, 6) is -1.25. The largest absolute Gasteiger partial charge is 0.351 e. The average molecular weight is 266 g/mol. The van der Waals surface area contributed by atoms with Gasteiger partial charge in [-0.2, -0.15) is 0 Å². The minimum atomic E-state index is -0.679. The lowest BCUT2D eigenvalue weighted by Gasteiger charge is -2.13. The molecule has 6 heteroatoms. The molecule has 2 rings (SSSR count). The van der Waals surface area contributed by atoms with Gasteiger partial charge in [0.1, 0.15) is 11.4 Å².